The monoisotopic (exact) mass is 278 g/mol. The third kappa shape index (κ3) is 3.87. The number of hydrogen-bond donors (Lipinski definition) is 2. The van der Waals surface area contributed by atoms with E-state index in [1.165, 1.54) is 0 Å². The first-order valence-corrected chi connectivity index (χ1v) is 7.15. The molecule has 0 aromatic heterocycles. The van der Waals surface area contributed by atoms with E-state index in [4.69, 9.17) is 9.47 Å². The van der Waals surface area contributed by atoms with E-state index >= 15 is 0 Å². The summed E-state index contributed by atoms with van der Waals surface area (Å²) in [6.07, 6.45) is 2.04. The van der Waals surface area contributed by atoms with Gasteiger partial charge in [-0.1, -0.05) is 13.8 Å². The fourth-order valence-electron chi connectivity index (χ4n) is 2.14. The lowest BCUT2D eigenvalue weighted by molar-refractivity contribution is -0.115. The van der Waals surface area contributed by atoms with Crippen molar-refractivity contribution in [3.63, 3.8) is 0 Å². The molecule has 1 amide bonds. The second-order valence-electron chi connectivity index (χ2n) is 4.80. The highest BCUT2D eigenvalue weighted by molar-refractivity contribution is 5.92. The van der Waals surface area contributed by atoms with Gasteiger partial charge in [0.05, 0.1) is 6.54 Å². The smallest absolute Gasteiger partial charge is 0.238 e. The van der Waals surface area contributed by atoms with Crippen molar-refractivity contribution in [2.24, 2.45) is 0 Å². The van der Waals surface area contributed by atoms with E-state index in [1.807, 2.05) is 12.1 Å². The van der Waals surface area contributed by atoms with Crippen molar-refractivity contribution >= 4 is 11.6 Å². The zero-order chi connectivity index (χ0) is 14.4. The molecule has 1 aromatic rings. The predicted octanol–water partition coefficient (Wildman–Crippen LogP) is 2.17. The fourth-order valence-corrected chi connectivity index (χ4v) is 2.14. The van der Waals surface area contributed by atoms with E-state index < -0.39 is 0 Å². The van der Waals surface area contributed by atoms with E-state index in [-0.39, 0.29) is 5.91 Å². The van der Waals surface area contributed by atoms with Gasteiger partial charge in [-0.2, -0.15) is 0 Å². The third-order valence-corrected chi connectivity index (χ3v) is 3.36. The van der Waals surface area contributed by atoms with Gasteiger partial charge in [-0.3, -0.25) is 4.79 Å². The maximum absolute atomic E-state index is 11.9. The molecule has 0 atom stereocenters. The summed E-state index contributed by atoms with van der Waals surface area (Å²) in [6.45, 7) is 5.65. The molecule has 1 heterocycles. The number of anilines is 1. The minimum absolute atomic E-state index is 0.0476. The van der Waals surface area contributed by atoms with Crippen LogP contribution in [-0.2, 0) is 4.79 Å². The number of amides is 1. The summed E-state index contributed by atoms with van der Waals surface area (Å²) in [5, 5.41) is 6.09. The Balaban J connectivity index is 1.88. The van der Waals surface area contributed by atoms with Crippen molar-refractivity contribution in [2.45, 2.75) is 32.7 Å². The van der Waals surface area contributed by atoms with Gasteiger partial charge in [-0.05, 0) is 25.0 Å². The topological polar surface area (TPSA) is 59.6 Å². The van der Waals surface area contributed by atoms with Crippen LogP contribution in [0.3, 0.4) is 0 Å². The second-order valence-corrected chi connectivity index (χ2v) is 4.80. The van der Waals surface area contributed by atoms with Crippen LogP contribution in [0.4, 0.5) is 5.69 Å². The Morgan fingerprint density at radius 2 is 1.90 bits per heavy atom. The maximum atomic E-state index is 11.9. The zero-order valence-corrected chi connectivity index (χ0v) is 12.1. The molecule has 0 bridgehead atoms. The highest BCUT2D eigenvalue weighted by Gasteiger charge is 2.13. The summed E-state index contributed by atoms with van der Waals surface area (Å²) in [7, 11) is 0. The van der Waals surface area contributed by atoms with Gasteiger partial charge < -0.3 is 20.1 Å². The van der Waals surface area contributed by atoms with E-state index in [2.05, 4.69) is 24.5 Å². The molecule has 110 valence electrons. The summed E-state index contributed by atoms with van der Waals surface area (Å²) in [6, 6.07) is 5.82. The van der Waals surface area contributed by atoms with Crippen LogP contribution in [0, 0.1) is 0 Å². The Hall–Kier alpha value is -1.75. The number of benzene rings is 1. The lowest BCUT2D eigenvalue weighted by atomic mass is 10.2. The quantitative estimate of drug-likeness (QED) is 0.837. The van der Waals surface area contributed by atoms with E-state index in [9.17, 15) is 4.79 Å². The molecule has 20 heavy (non-hydrogen) atoms. The molecule has 5 nitrogen and oxygen atoms in total. The average molecular weight is 278 g/mol. The largest absolute Gasteiger partial charge is 0.486 e. The molecule has 0 saturated carbocycles. The summed E-state index contributed by atoms with van der Waals surface area (Å²) in [4.78, 5) is 11.9. The molecule has 0 radical (unpaired) electrons. The van der Waals surface area contributed by atoms with Crippen LogP contribution in [0.2, 0.25) is 0 Å². The van der Waals surface area contributed by atoms with Gasteiger partial charge in [0.1, 0.15) is 13.2 Å². The number of carbonyl (C=O) groups is 1. The summed E-state index contributed by atoms with van der Waals surface area (Å²) in [5.74, 6) is 1.36. The Labute approximate surface area is 119 Å². The van der Waals surface area contributed by atoms with Crippen molar-refractivity contribution in [3.8, 4) is 11.5 Å². The molecule has 2 rings (SSSR count). The summed E-state index contributed by atoms with van der Waals surface area (Å²) >= 11 is 0. The molecule has 5 heteroatoms. The van der Waals surface area contributed by atoms with Gasteiger partial charge in [0.15, 0.2) is 11.5 Å². The van der Waals surface area contributed by atoms with Gasteiger partial charge in [-0.25, -0.2) is 0 Å². The van der Waals surface area contributed by atoms with Gasteiger partial charge in [0, 0.05) is 17.8 Å². The normalized spacial score (nSPS) is 13.3. The molecule has 1 aliphatic rings. The van der Waals surface area contributed by atoms with Crippen LogP contribution in [0.5, 0.6) is 11.5 Å². The highest BCUT2D eigenvalue weighted by atomic mass is 16.6. The number of carbonyl (C=O) groups excluding carboxylic acids is 1. The molecule has 1 aliphatic heterocycles. The molecule has 0 fully saturated rings. The molecule has 0 unspecified atom stereocenters. The summed E-state index contributed by atoms with van der Waals surface area (Å²) in [5.41, 5.74) is 0.727. The van der Waals surface area contributed by atoms with Crippen LogP contribution in [0.25, 0.3) is 0 Å². The number of rotatable bonds is 6. The number of ether oxygens (including phenoxy) is 2. The Bertz CT molecular complexity index is 458. The first kappa shape index (κ1) is 14.7. The Morgan fingerprint density at radius 3 is 2.60 bits per heavy atom. The SMILES string of the molecule is CCC(CC)NCC(=O)Nc1ccc2c(c1)OCCO2. The van der Waals surface area contributed by atoms with E-state index in [1.54, 1.807) is 6.07 Å². The van der Waals surface area contributed by atoms with Gasteiger partial charge in [0.25, 0.3) is 0 Å². The van der Waals surface area contributed by atoms with E-state index in [0.717, 1.165) is 24.3 Å². The minimum Gasteiger partial charge on any atom is -0.486 e. The van der Waals surface area contributed by atoms with E-state index in [0.29, 0.717) is 31.5 Å². The summed E-state index contributed by atoms with van der Waals surface area (Å²) < 4.78 is 10.9. The second kappa shape index (κ2) is 7.14. The van der Waals surface area contributed by atoms with Crippen LogP contribution in [0.1, 0.15) is 26.7 Å². The molecule has 0 saturated heterocycles. The zero-order valence-electron chi connectivity index (χ0n) is 12.1. The van der Waals surface area contributed by atoms with Crippen molar-refractivity contribution < 1.29 is 14.3 Å². The third-order valence-electron chi connectivity index (χ3n) is 3.36. The predicted molar refractivity (Wildman–Crippen MR) is 78.4 cm³/mol. The molecular weight excluding hydrogens is 256 g/mol. The molecule has 0 spiro atoms. The van der Waals surface area contributed by atoms with Crippen molar-refractivity contribution in [1.29, 1.82) is 0 Å². The Kier molecular flexibility index (Phi) is 5.24. The molecule has 2 N–H and O–H groups in total. The van der Waals surface area contributed by atoms with Crippen molar-refractivity contribution in [1.82, 2.24) is 5.32 Å². The van der Waals surface area contributed by atoms with Crippen LogP contribution < -0.4 is 20.1 Å². The first-order valence-electron chi connectivity index (χ1n) is 7.15. The first-order chi connectivity index (χ1) is 9.72. The number of hydrogen-bond acceptors (Lipinski definition) is 4. The minimum atomic E-state index is -0.0476. The fraction of sp³-hybridized carbons (Fsp3) is 0.533. The van der Waals surface area contributed by atoms with Crippen LogP contribution in [-0.4, -0.2) is 31.7 Å². The standard InChI is InChI=1S/C15H22N2O3/c1-3-11(4-2)16-10-15(18)17-12-5-6-13-14(9-12)20-8-7-19-13/h5-6,9,11,16H,3-4,7-8,10H2,1-2H3,(H,17,18). The lowest BCUT2D eigenvalue weighted by Crippen LogP contribution is -2.35. The molecular formula is C15H22N2O3. The van der Waals surface area contributed by atoms with Gasteiger partial charge >= 0.3 is 0 Å². The Morgan fingerprint density at radius 1 is 1.20 bits per heavy atom. The van der Waals surface area contributed by atoms with Crippen LogP contribution in [0.15, 0.2) is 18.2 Å². The highest BCUT2D eigenvalue weighted by Crippen LogP contribution is 2.32. The van der Waals surface area contributed by atoms with Gasteiger partial charge in [-0.15, -0.1) is 0 Å². The molecule has 1 aromatic carbocycles. The van der Waals surface area contributed by atoms with Gasteiger partial charge in [0.2, 0.25) is 5.91 Å². The van der Waals surface area contributed by atoms with Crippen molar-refractivity contribution in [3.05, 3.63) is 18.2 Å². The maximum Gasteiger partial charge on any atom is 0.238 e. The number of fused-ring (bicyclic) bond motifs is 1. The number of nitrogens with one attached hydrogen (secondary N) is 2. The van der Waals surface area contributed by atoms with Crippen molar-refractivity contribution in [2.75, 3.05) is 25.1 Å². The average Bonchev–Trinajstić information content (AvgIpc) is 2.48. The van der Waals surface area contributed by atoms with Crippen LogP contribution >= 0.6 is 0 Å². The molecule has 0 aliphatic carbocycles. The lowest BCUT2D eigenvalue weighted by Gasteiger charge is -2.19.